The molecule has 1 fully saturated rings. The summed E-state index contributed by atoms with van der Waals surface area (Å²) in [5.74, 6) is 0.399. The summed E-state index contributed by atoms with van der Waals surface area (Å²) >= 11 is 0. The SMILES string of the molecule is C=CCC1(/C(=N/C)N(COCC[Si](C)(C)C)C(C)F)COC(=O)N1. The van der Waals surface area contributed by atoms with Crippen LogP contribution in [0.3, 0.4) is 0 Å². The minimum absolute atomic E-state index is 0.0730. The number of halogens is 1. The van der Waals surface area contributed by atoms with Crippen molar-refractivity contribution in [3.05, 3.63) is 12.7 Å². The van der Waals surface area contributed by atoms with Crippen LogP contribution in [0.5, 0.6) is 0 Å². The average molecular weight is 360 g/mol. The lowest BCUT2D eigenvalue weighted by Gasteiger charge is -2.36. The topological polar surface area (TPSA) is 63.2 Å². The van der Waals surface area contributed by atoms with Crippen molar-refractivity contribution in [2.24, 2.45) is 4.99 Å². The van der Waals surface area contributed by atoms with Crippen molar-refractivity contribution >= 4 is 20.0 Å². The maximum Gasteiger partial charge on any atom is 0.408 e. The number of hydrogen-bond donors (Lipinski definition) is 1. The fraction of sp³-hybridized carbons (Fsp3) is 0.750. The van der Waals surface area contributed by atoms with Crippen molar-refractivity contribution in [1.29, 1.82) is 0 Å². The van der Waals surface area contributed by atoms with Gasteiger partial charge in [0.05, 0.1) is 0 Å². The molecule has 0 aromatic rings. The molecule has 1 aliphatic heterocycles. The molecule has 0 aromatic heterocycles. The molecule has 0 bridgehead atoms. The van der Waals surface area contributed by atoms with Gasteiger partial charge in [-0.1, -0.05) is 25.7 Å². The van der Waals surface area contributed by atoms with E-state index in [1.807, 2.05) is 0 Å². The van der Waals surface area contributed by atoms with Crippen LogP contribution < -0.4 is 5.32 Å². The molecule has 6 nitrogen and oxygen atoms in total. The minimum atomic E-state index is -1.31. The monoisotopic (exact) mass is 359 g/mol. The molecular formula is C16H30FN3O3Si. The maximum absolute atomic E-state index is 14.2. The Balaban J connectivity index is 2.86. The lowest BCUT2D eigenvalue weighted by atomic mass is 9.94. The van der Waals surface area contributed by atoms with E-state index in [1.165, 1.54) is 11.8 Å². The van der Waals surface area contributed by atoms with E-state index in [4.69, 9.17) is 9.47 Å². The van der Waals surface area contributed by atoms with Crippen LogP contribution in [0.4, 0.5) is 9.18 Å². The number of ether oxygens (including phenoxy) is 2. The van der Waals surface area contributed by atoms with Crippen molar-refractivity contribution in [1.82, 2.24) is 10.2 Å². The quantitative estimate of drug-likeness (QED) is 0.131. The van der Waals surface area contributed by atoms with Crippen LogP contribution in [-0.2, 0) is 9.47 Å². The van der Waals surface area contributed by atoms with Gasteiger partial charge in [0.2, 0.25) is 0 Å². The van der Waals surface area contributed by atoms with Crippen LogP contribution in [0.25, 0.3) is 0 Å². The van der Waals surface area contributed by atoms with Gasteiger partial charge in [0.25, 0.3) is 0 Å². The second-order valence-electron chi connectivity index (χ2n) is 7.22. The lowest BCUT2D eigenvalue weighted by Crippen LogP contribution is -2.59. The van der Waals surface area contributed by atoms with E-state index in [-0.39, 0.29) is 13.3 Å². The van der Waals surface area contributed by atoms with Crippen LogP contribution in [0.1, 0.15) is 13.3 Å². The molecule has 0 aliphatic carbocycles. The third-order valence-electron chi connectivity index (χ3n) is 3.85. The van der Waals surface area contributed by atoms with Crippen molar-refractivity contribution in [3.8, 4) is 0 Å². The van der Waals surface area contributed by atoms with Gasteiger partial charge >= 0.3 is 6.09 Å². The highest BCUT2D eigenvalue weighted by molar-refractivity contribution is 6.76. The smallest absolute Gasteiger partial charge is 0.408 e. The van der Waals surface area contributed by atoms with Crippen molar-refractivity contribution in [3.63, 3.8) is 0 Å². The summed E-state index contributed by atoms with van der Waals surface area (Å²) in [7, 11) is 0.360. The Morgan fingerprint density at radius 3 is 2.71 bits per heavy atom. The lowest BCUT2D eigenvalue weighted by molar-refractivity contribution is 0.0175. The molecule has 0 saturated carbocycles. The van der Waals surface area contributed by atoms with Gasteiger partial charge in [-0.05, 0) is 19.4 Å². The van der Waals surface area contributed by atoms with E-state index >= 15 is 0 Å². The van der Waals surface area contributed by atoms with E-state index in [9.17, 15) is 9.18 Å². The highest BCUT2D eigenvalue weighted by Crippen LogP contribution is 2.24. The van der Waals surface area contributed by atoms with Crippen LogP contribution in [-0.4, -0.2) is 63.7 Å². The molecule has 2 atom stereocenters. The first-order valence-corrected chi connectivity index (χ1v) is 11.9. The van der Waals surface area contributed by atoms with Gasteiger partial charge in [-0.25, -0.2) is 9.18 Å². The van der Waals surface area contributed by atoms with Gasteiger partial charge in [-0.2, -0.15) is 0 Å². The first-order chi connectivity index (χ1) is 11.1. The molecule has 0 aromatic carbocycles. The summed E-state index contributed by atoms with van der Waals surface area (Å²) in [4.78, 5) is 17.2. The van der Waals surface area contributed by atoms with Crippen molar-refractivity contribution in [2.75, 3.05) is 27.0 Å². The molecule has 1 amide bonds. The number of nitrogens with one attached hydrogen (secondary N) is 1. The maximum atomic E-state index is 14.2. The number of alkyl carbamates (subject to hydrolysis) is 1. The number of nitrogens with zero attached hydrogens (tertiary/aromatic N) is 2. The van der Waals surface area contributed by atoms with E-state index in [0.717, 1.165) is 6.04 Å². The molecule has 0 spiro atoms. The van der Waals surface area contributed by atoms with Gasteiger partial charge < -0.3 is 19.7 Å². The molecule has 24 heavy (non-hydrogen) atoms. The second kappa shape index (κ2) is 8.62. The van der Waals surface area contributed by atoms with Crippen LogP contribution >= 0.6 is 0 Å². The van der Waals surface area contributed by atoms with Crippen LogP contribution in [0.15, 0.2) is 17.6 Å². The van der Waals surface area contributed by atoms with Gasteiger partial charge in [-0.3, -0.25) is 4.99 Å². The number of amides is 1. The first-order valence-electron chi connectivity index (χ1n) is 8.17. The molecule has 1 saturated heterocycles. The van der Waals surface area contributed by atoms with Gasteiger partial charge in [0.15, 0.2) is 6.30 Å². The summed E-state index contributed by atoms with van der Waals surface area (Å²) in [6.45, 7) is 12.7. The number of cyclic esters (lactones) is 1. The molecular weight excluding hydrogens is 329 g/mol. The Bertz CT molecular complexity index is 480. The summed E-state index contributed by atoms with van der Waals surface area (Å²) in [6.07, 6.45) is 0.204. The van der Waals surface area contributed by atoms with Crippen molar-refractivity contribution in [2.45, 2.75) is 50.9 Å². The third-order valence-corrected chi connectivity index (χ3v) is 5.56. The van der Waals surface area contributed by atoms with Crippen LogP contribution in [0, 0.1) is 0 Å². The number of hydrogen-bond acceptors (Lipinski definition) is 4. The first kappa shape index (κ1) is 20.6. The Morgan fingerprint density at radius 1 is 1.62 bits per heavy atom. The molecule has 138 valence electrons. The van der Waals surface area contributed by atoms with Crippen molar-refractivity contribution < 1.29 is 18.7 Å². The Labute approximate surface area is 145 Å². The zero-order valence-electron chi connectivity index (χ0n) is 15.4. The number of aliphatic imine (C=N–C) groups is 1. The van der Waals surface area contributed by atoms with Gasteiger partial charge in [0, 0.05) is 21.7 Å². The summed E-state index contributed by atoms with van der Waals surface area (Å²) in [5, 5.41) is 2.75. The molecule has 1 rings (SSSR count). The third kappa shape index (κ3) is 5.59. The highest BCUT2D eigenvalue weighted by atomic mass is 28.3. The van der Waals surface area contributed by atoms with E-state index in [1.54, 1.807) is 13.1 Å². The van der Waals surface area contributed by atoms with Gasteiger partial charge in [-0.15, -0.1) is 6.58 Å². The number of carbonyl (C=O) groups excluding carboxylic acids is 1. The number of rotatable bonds is 9. The number of alkyl halides is 1. The molecule has 2 unspecified atom stereocenters. The second-order valence-corrected chi connectivity index (χ2v) is 12.8. The standard InChI is InChI=1S/C16H30FN3O3Si/c1-7-8-16(11-23-15(21)19-16)14(18-3)20(13(2)17)12-22-9-10-24(4,5)6/h7,13H,1,8-12H2,2-6H3,(H,19,21)/b18-14-. The van der Waals surface area contributed by atoms with E-state index < -0.39 is 26.0 Å². The molecule has 0 radical (unpaired) electrons. The summed E-state index contributed by atoms with van der Waals surface area (Å²) in [6, 6.07) is 0.998. The molecule has 1 N–H and O–H groups in total. The van der Waals surface area contributed by atoms with Crippen LogP contribution in [0.2, 0.25) is 25.7 Å². The Hall–Kier alpha value is -1.41. The Kier molecular flexibility index (Phi) is 7.41. The fourth-order valence-corrected chi connectivity index (χ4v) is 3.27. The van der Waals surface area contributed by atoms with Gasteiger partial charge in [0.1, 0.15) is 24.7 Å². The van der Waals surface area contributed by atoms with E-state index in [0.29, 0.717) is 18.9 Å². The normalized spacial score (nSPS) is 22.8. The molecule has 1 heterocycles. The fourth-order valence-electron chi connectivity index (χ4n) is 2.52. The number of amidine groups is 1. The van der Waals surface area contributed by atoms with E-state index in [2.05, 4.69) is 36.5 Å². The summed E-state index contributed by atoms with van der Waals surface area (Å²) < 4.78 is 24.9. The minimum Gasteiger partial charge on any atom is -0.447 e. The Morgan fingerprint density at radius 2 is 2.29 bits per heavy atom. The highest BCUT2D eigenvalue weighted by Gasteiger charge is 2.46. The zero-order valence-corrected chi connectivity index (χ0v) is 16.4. The largest absolute Gasteiger partial charge is 0.447 e. The number of carbonyl (C=O) groups is 1. The summed E-state index contributed by atoms with van der Waals surface area (Å²) in [5.41, 5.74) is -0.907. The molecule has 1 aliphatic rings. The average Bonchev–Trinajstić information content (AvgIpc) is 2.83. The predicted octanol–water partition coefficient (Wildman–Crippen LogP) is 3.00. The molecule has 8 heteroatoms. The zero-order chi connectivity index (χ0) is 18.4. The predicted molar refractivity (Wildman–Crippen MR) is 96.8 cm³/mol.